The van der Waals surface area contributed by atoms with Crippen LogP contribution < -0.4 is 5.73 Å². The van der Waals surface area contributed by atoms with E-state index in [2.05, 4.69) is 32.0 Å². The van der Waals surface area contributed by atoms with Crippen LogP contribution in [0.15, 0.2) is 18.2 Å². The number of rotatable bonds is 3. The molecule has 2 N–H and O–H groups in total. The summed E-state index contributed by atoms with van der Waals surface area (Å²) in [7, 11) is -2.83. The average molecular weight is 267 g/mol. The molecule has 1 aromatic rings. The summed E-state index contributed by atoms with van der Waals surface area (Å²) < 4.78 is 22.9. The first-order valence-corrected chi connectivity index (χ1v) is 8.22. The van der Waals surface area contributed by atoms with Gasteiger partial charge in [0.15, 0.2) is 9.84 Å². The van der Waals surface area contributed by atoms with Crippen molar-refractivity contribution in [1.82, 2.24) is 0 Å². The van der Waals surface area contributed by atoms with Crippen molar-refractivity contribution in [3.05, 3.63) is 34.9 Å². The minimum Gasteiger partial charge on any atom is -0.327 e. The minimum absolute atomic E-state index is 0.0515. The third kappa shape index (κ3) is 3.12. The molecule has 0 saturated carbocycles. The second-order valence-corrected chi connectivity index (χ2v) is 7.68. The molecule has 0 amide bonds. The minimum atomic E-state index is -2.83. The zero-order valence-corrected chi connectivity index (χ0v) is 11.8. The van der Waals surface area contributed by atoms with Crippen LogP contribution in [0.1, 0.15) is 23.1 Å². The number of nitrogens with two attached hydrogens (primary N) is 1. The lowest BCUT2D eigenvalue weighted by atomic mass is 9.93. The molecule has 2 unspecified atom stereocenters. The molecule has 1 heterocycles. The molecule has 1 aliphatic rings. The largest absolute Gasteiger partial charge is 0.327 e. The van der Waals surface area contributed by atoms with Gasteiger partial charge in [0, 0.05) is 6.04 Å². The number of hydrogen-bond donors (Lipinski definition) is 1. The highest BCUT2D eigenvalue weighted by atomic mass is 32.2. The Morgan fingerprint density at radius 3 is 2.61 bits per heavy atom. The van der Waals surface area contributed by atoms with Crippen LogP contribution in [0, 0.1) is 19.8 Å². The van der Waals surface area contributed by atoms with E-state index in [-0.39, 0.29) is 17.7 Å². The zero-order chi connectivity index (χ0) is 13.3. The van der Waals surface area contributed by atoms with Gasteiger partial charge in [-0.05, 0) is 49.3 Å². The van der Waals surface area contributed by atoms with Crippen LogP contribution in [-0.2, 0) is 16.3 Å². The van der Waals surface area contributed by atoms with Gasteiger partial charge in [-0.1, -0.05) is 18.2 Å². The van der Waals surface area contributed by atoms with Gasteiger partial charge in [0.05, 0.1) is 11.5 Å². The SMILES string of the molecule is Cc1ccc(CC(N)C2CCS(=O)(=O)C2)cc1C. The molecule has 0 aromatic heterocycles. The predicted molar refractivity (Wildman–Crippen MR) is 74.4 cm³/mol. The smallest absolute Gasteiger partial charge is 0.150 e. The Kier molecular flexibility index (Phi) is 3.78. The van der Waals surface area contributed by atoms with Crippen LogP contribution in [0.25, 0.3) is 0 Å². The summed E-state index contributed by atoms with van der Waals surface area (Å²) in [5.74, 6) is 0.689. The fourth-order valence-electron chi connectivity index (χ4n) is 2.53. The van der Waals surface area contributed by atoms with E-state index >= 15 is 0 Å². The normalized spacial score (nSPS) is 24.1. The van der Waals surface area contributed by atoms with E-state index in [1.165, 1.54) is 16.7 Å². The Morgan fingerprint density at radius 2 is 2.06 bits per heavy atom. The van der Waals surface area contributed by atoms with E-state index in [1.54, 1.807) is 0 Å². The van der Waals surface area contributed by atoms with Crippen LogP contribution in [0.4, 0.5) is 0 Å². The Labute approximate surface area is 109 Å². The first-order chi connectivity index (χ1) is 8.37. The Hall–Kier alpha value is -0.870. The summed E-state index contributed by atoms with van der Waals surface area (Å²) in [6.07, 6.45) is 1.48. The van der Waals surface area contributed by atoms with Crippen LogP contribution in [0.2, 0.25) is 0 Å². The van der Waals surface area contributed by atoms with Gasteiger partial charge >= 0.3 is 0 Å². The highest BCUT2D eigenvalue weighted by molar-refractivity contribution is 7.91. The third-order valence-electron chi connectivity index (χ3n) is 3.92. The Balaban J connectivity index is 2.03. The van der Waals surface area contributed by atoms with Crippen molar-refractivity contribution in [3.63, 3.8) is 0 Å². The van der Waals surface area contributed by atoms with Crippen molar-refractivity contribution >= 4 is 9.84 Å². The molecule has 0 spiro atoms. The second-order valence-electron chi connectivity index (χ2n) is 5.45. The van der Waals surface area contributed by atoms with Gasteiger partial charge < -0.3 is 5.73 Å². The first kappa shape index (κ1) is 13.6. The van der Waals surface area contributed by atoms with Gasteiger partial charge in [0.2, 0.25) is 0 Å². The van der Waals surface area contributed by atoms with Crippen LogP contribution in [0.3, 0.4) is 0 Å². The number of benzene rings is 1. The van der Waals surface area contributed by atoms with Crippen molar-refractivity contribution < 1.29 is 8.42 Å². The number of sulfone groups is 1. The molecule has 1 aliphatic heterocycles. The van der Waals surface area contributed by atoms with Gasteiger partial charge in [-0.25, -0.2) is 8.42 Å². The summed E-state index contributed by atoms with van der Waals surface area (Å²) in [6, 6.07) is 6.29. The quantitative estimate of drug-likeness (QED) is 0.905. The highest BCUT2D eigenvalue weighted by Gasteiger charge is 2.31. The maximum atomic E-state index is 11.4. The lowest BCUT2D eigenvalue weighted by Gasteiger charge is -2.18. The molecule has 1 aromatic carbocycles. The Morgan fingerprint density at radius 1 is 1.33 bits per heavy atom. The van der Waals surface area contributed by atoms with E-state index in [4.69, 9.17) is 5.73 Å². The van der Waals surface area contributed by atoms with Crippen molar-refractivity contribution in [1.29, 1.82) is 0 Å². The molecule has 0 bridgehead atoms. The van der Waals surface area contributed by atoms with E-state index < -0.39 is 9.84 Å². The number of aryl methyl sites for hydroxylation is 2. The molecule has 2 atom stereocenters. The summed E-state index contributed by atoms with van der Waals surface area (Å²) in [6.45, 7) is 4.17. The molecule has 1 saturated heterocycles. The molecule has 2 rings (SSSR count). The molecular formula is C14H21NO2S. The molecule has 3 nitrogen and oxygen atoms in total. The van der Waals surface area contributed by atoms with E-state index in [0.29, 0.717) is 12.2 Å². The summed E-state index contributed by atoms with van der Waals surface area (Å²) >= 11 is 0. The first-order valence-electron chi connectivity index (χ1n) is 6.39. The third-order valence-corrected chi connectivity index (χ3v) is 5.71. The average Bonchev–Trinajstić information content (AvgIpc) is 2.64. The van der Waals surface area contributed by atoms with Crippen molar-refractivity contribution in [2.24, 2.45) is 11.7 Å². The zero-order valence-electron chi connectivity index (χ0n) is 11.0. The fraction of sp³-hybridized carbons (Fsp3) is 0.571. The van der Waals surface area contributed by atoms with Crippen molar-refractivity contribution in [2.45, 2.75) is 32.7 Å². The van der Waals surface area contributed by atoms with E-state index in [0.717, 1.165) is 6.42 Å². The standard InChI is InChI=1S/C14H21NO2S/c1-10-3-4-12(7-11(10)2)8-14(15)13-5-6-18(16,17)9-13/h3-4,7,13-14H,5-6,8-9,15H2,1-2H3. The molecule has 18 heavy (non-hydrogen) atoms. The highest BCUT2D eigenvalue weighted by Crippen LogP contribution is 2.23. The van der Waals surface area contributed by atoms with Crippen LogP contribution >= 0.6 is 0 Å². The van der Waals surface area contributed by atoms with Crippen molar-refractivity contribution in [2.75, 3.05) is 11.5 Å². The summed E-state index contributed by atoms with van der Waals surface area (Å²) in [5.41, 5.74) is 9.90. The van der Waals surface area contributed by atoms with E-state index in [9.17, 15) is 8.42 Å². The van der Waals surface area contributed by atoms with Crippen LogP contribution in [0.5, 0.6) is 0 Å². The van der Waals surface area contributed by atoms with Crippen LogP contribution in [-0.4, -0.2) is 26.0 Å². The van der Waals surface area contributed by atoms with Crippen molar-refractivity contribution in [3.8, 4) is 0 Å². The molecule has 1 fully saturated rings. The fourth-order valence-corrected chi connectivity index (χ4v) is 4.43. The van der Waals surface area contributed by atoms with Gasteiger partial charge in [-0.15, -0.1) is 0 Å². The predicted octanol–water partition coefficient (Wildman–Crippen LogP) is 1.61. The maximum absolute atomic E-state index is 11.4. The molecule has 4 heteroatoms. The lowest BCUT2D eigenvalue weighted by Crippen LogP contribution is -2.33. The molecule has 0 aliphatic carbocycles. The monoisotopic (exact) mass is 267 g/mol. The van der Waals surface area contributed by atoms with E-state index in [1.807, 2.05) is 0 Å². The van der Waals surface area contributed by atoms with Gasteiger partial charge in [-0.3, -0.25) is 0 Å². The molecule has 0 radical (unpaired) electrons. The lowest BCUT2D eigenvalue weighted by molar-refractivity contribution is 0.461. The molecule has 100 valence electrons. The number of hydrogen-bond acceptors (Lipinski definition) is 3. The second kappa shape index (κ2) is 5.02. The van der Waals surface area contributed by atoms with Gasteiger partial charge in [-0.2, -0.15) is 0 Å². The molecular weight excluding hydrogens is 246 g/mol. The summed E-state index contributed by atoms with van der Waals surface area (Å²) in [5, 5.41) is 0. The summed E-state index contributed by atoms with van der Waals surface area (Å²) in [4.78, 5) is 0. The van der Waals surface area contributed by atoms with Gasteiger partial charge in [0.1, 0.15) is 0 Å². The maximum Gasteiger partial charge on any atom is 0.150 e. The van der Waals surface area contributed by atoms with Gasteiger partial charge in [0.25, 0.3) is 0 Å². The topological polar surface area (TPSA) is 60.2 Å². The Bertz CT molecular complexity index is 537.